The van der Waals surface area contributed by atoms with Crippen molar-refractivity contribution in [2.45, 2.75) is 52.9 Å². The second-order valence-electron chi connectivity index (χ2n) is 5.51. The molecule has 0 unspecified atom stereocenters. The van der Waals surface area contributed by atoms with E-state index in [0.717, 1.165) is 30.2 Å². The molecule has 1 amide bonds. The summed E-state index contributed by atoms with van der Waals surface area (Å²) in [6.45, 7) is 10.4. The third-order valence-corrected chi connectivity index (χ3v) is 2.64. The minimum atomic E-state index is -0.229. The molecule has 0 aromatic carbocycles. The van der Waals surface area contributed by atoms with Gasteiger partial charge in [-0.05, 0) is 26.2 Å². The summed E-state index contributed by atoms with van der Waals surface area (Å²) in [4.78, 5) is 15.6. The molecule has 1 aromatic rings. The molecule has 4 nitrogen and oxygen atoms in total. The molecule has 4 heteroatoms. The maximum absolute atomic E-state index is 11.1. The number of amides is 1. The average molecular weight is 262 g/mol. The molecule has 0 aliphatic heterocycles. The second kappa shape index (κ2) is 6.42. The van der Waals surface area contributed by atoms with Crippen LogP contribution in [-0.4, -0.2) is 17.4 Å². The van der Waals surface area contributed by atoms with Gasteiger partial charge in [0.2, 0.25) is 0 Å². The van der Waals surface area contributed by atoms with Crippen molar-refractivity contribution in [2.75, 3.05) is 6.54 Å². The summed E-state index contributed by atoms with van der Waals surface area (Å²) < 4.78 is 5.78. The van der Waals surface area contributed by atoms with Crippen molar-refractivity contribution >= 4 is 5.91 Å². The van der Waals surface area contributed by atoms with Crippen LogP contribution in [0.2, 0.25) is 0 Å². The summed E-state index contributed by atoms with van der Waals surface area (Å²) in [5.41, 5.74) is 0.859. The van der Waals surface area contributed by atoms with E-state index in [-0.39, 0.29) is 11.3 Å². The van der Waals surface area contributed by atoms with E-state index in [4.69, 9.17) is 4.42 Å². The van der Waals surface area contributed by atoms with Gasteiger partial charge in [0, 0.05) is 18.4 Å². The number of aryl methyl sites for hydroxylation is 2. The van der Waals surface area contributed by atoms with Gasteiger partial charge in [-0.1, -0.05) is 26.7 Å². The molecule has 1 rings (SSSR count). The Balaban J connectivity index is 2.47. The molecular formula is C15H22N2O2. The zero-order chi connectivity index (χ0) is 14.5. The standard InChI is InChI=1S/C15H22N2O2/c1-6-8-13(18)16-10-7-9-12-11(2)17-14(19-12)15(3,4)5/h7,9-10H2,1-5H3,(H,16,18). The minimum Gasteiger partial charge on any atom is -0.445 e. The fraction of sp³-hybridized carbons (Fsp3) is 0.600. The Kier molecular flexibility index (Phi) is 5.17. The van der Waals surface area contributed by atoms with E-state index in [1.165, 1.54) is 0 Å². The minimum absolute atomic E-state index is 0.0755. The van der Waals surface area contributed by atoms with Crippen LogP contribution in [0.15, 0.2) is 4.42 Å². The zero-order valence-electron chi connectivity index (χ0n) is 12.4. The molecule has 0 saturated heterocycles. The molecular weight excluding hydrogens is 240 g/mol. The molecule has 0 atom stereocenters. The van der Waals surface area contributed by atoms with Gasteiger partial charge < -0.3 is 9.73 Å². The molecule has 0 aliphatic rings. The summed E-state index contributed by atoms with van der Waals surface area (Å²) in [5, 5.41) is 2.74. The molecule has 0 spiro atoms. The van der Waals surface area contributed by atoms with E-state index in [1.54, 1.807) is 6.92 Å². The first kappa shape index (κ1) is 15.3. The highest BCUT2D eigenvalue weighted by Gasteiger charge is 2.21. The van der Waals surface area contributed by atoms with Crippen LogP contribution in [0, 0.1) is 18.8 Å². The fourth-order valence-electron chi connectivity index (χ4n) is 1.59. The molecule has 0 saturated carbocycles. The monoisotopic (exact) mass is 262 g/mol. The number of aromatic nitrogens is 1. The summed E-state index contributed by atoms with van der Waals surface area (Å²) in [6, 6.07) is 0. The van der Waals surface area contributed by atoms with Crippen molar-refractivity contribution in [2.24, 2.45) is 0 Å². The second-order valence-corrected chi connectivity index (χ2v) is 5.51. The normalized spacial score (nSPS) is 10.8. The highest BCUT2D eigenvalue weighted by Crippen LogP contribution is 2.24. The van der Waals surface area contributed by atoms with E-state index < -0.39 is 0 Å². The van der Waals surface area contributed by atoms with Crippen molar-refractivity contribution in [3.8, 4) is 11.8 Å². The Morgan fingerprint density at radius 2 is 2.11 bits per heavy atom. The van der Waals surface area contributed by atoms with Crippen molar-refractivity contribution < 1.29 is 9.21 Å². The fourth-order valence-corrected chi connectivity index (χ4v) is 1.59. The van der Waals surface area contributed by atoms with Crippen molar-refractivity contribution in [1.82, 2.24) is 10.3 Å². The van der Waals surface area contributed by atoms with Crippen LogP contribution >= 0.6 is 0 Å². The molecule has 104 valence electrons. The molecule has 19 heavy (non-hydrogen) atoms. The Labute approximate surface area is 115 Å². The topological polar surface area (TPSA) is 55.1 Å². The molecule has 0 aliphatic carbocycles. The lowest BCUT2D eigenvalue weighted by atomic mass is 9.97. The maximum Gasteiger partial charge on any atom is 0.295 e. The number of oxazole rings is 1. The number of nitrogens with one attached hydrogen (secondary N) is 1. The van der Waals surface area contributed by atoms with Crippen LogP contribution in [0.25, 0.3) is 0 Å². The van der Waals surface area contributed by atoms with Gasteiger partial charge in [-0.15, -0.1) is 0 Å². The smallest absolute Gasteiger partial charge is 0.295 e. The van der Waals surface area contributed by atoms with Gasteiger partial charge in [-0.2, -0.15) is 0 Å². The average Bonchev–Trinajstić information content (AvgIpc) is 2.66. The molecule has 0 fully saturated rings. The van der Waals surface area contributed by atoms with Crippen LogP contribution in [0.5, 0.6) is 0 Å². The Bertz CT molecular complexity index is 498. The highest BCUT2D eigenvalue weighted by molar-refractivity contribution is 5.93. The van der Waals surface area contributed by atoms with E-state index in [2.05, 4.69) is 42.9 Å². The van der Waals surface area contributed by atoms with Crippen molar-refractivity contribution in [3.05, 3.63) is 17.3 Å². The Morgan fingerprint density at radius 3 is 2.63 bits per heavy atom. The van der Waals surface area contributed by atoms with Crippen LogP contribution in [0.3, 0.4) is 0 Å². The third-order valence-electron chi connectivity index (χ3n) is 2.64. The predicted molar refractivity (Wildman–Crippen MR) is 74.7 cm³/mol. The van der Waals surface area contributed by atoms with Gasteiger partial charge in [0.15, 0.2) is 5.89 Å². The maximum atomic E-state index is 11.1. The molecule has 0 bridgehead atoms. The number of carbonyl (C=O) groups is 1. The van der Waals surface area contributed by atoms with Gasteiger partial charge in [-0.25, -0.2) is 4.98 Å². The molecule has 1 heterocycles. The predicted octanol–water partition coefficient (Wildman–Crippen LogP) is 2.35. The van der Waals surface area contributed by atoms with Crippen LogP contribution in [0.1, 0.15) is 51.5 Å². The first-order valence-electron chi connectivity index (χ1n) is 6.52. The molecule has 1 aromatic heterocycles. The lowest BCUT2D eigenvalue weighted by molar-refractivity contribution is -0.115. The first-order chi connectivity index (χ1) is 8.84. The van der Waals surface area contributed by atoms with Crippen LogP contribution in [0.4, 0.5) is 0 Å². The van der Waals surface area contributed by atoms with E-state index in [0.29, 0.717) is 6.54 Å². The molecule has 0 radical (unpaired) electrons. The SMILES string of the molecule is CC#CC(=O)NCCCc1oc(C(C)(C)C)nc1C. The van der Waals surface area contributed by atoms with Gasteiger partial charge >= 0.3 is 0 Å². The van der Waals surface area contributed by atoms with E-state index in [1.807, 2.05) is 6.92 Å². The Hall–Kier alpha value is -1.76. The Morgan fingerprint density at radius 1 is 1.42 bits per heavy atom. The number of carbonyl (C=O) groups excluding carboxylic acids is 1. The summed E-state index contributed by atoms with van der Waals surface area (Å²) >= 11 is 0. The number of nitrogens with zero attached hydrogens (tertiary/aromatic N) is 1. The largest absolute Gasteiger partial charge is 0.445 e. The van der Waals surface area contributed by atoms with Crippen LogP contribution in [-0.2, 0) is 16.6 Å². The highest BCUT2D eigenvalue weighted by atomic mass is 16.4. The third kappa shape index (κ3) is 4.78. The summed E-state index contributed by atoms with van der Waals surface area (Å²) in [7, 11) is 0. The van der Waals surface area contributed by atoms with Gasteiger partial charge in [0.1, 0.15) is 5.76 Å². The van der Waals surface area contributed by atoms with Crippen molar-refractivity contribution in [1.29, 1.82) is 0 Å². The van der Waals surface area contributed by atoms with Crippen molar-refractivity contribution in [3.63, 3.8) is 0 Å². The lowest BCUT2D eigenvalue weighted by Crippen LogP contribution is -2.22. The van der Waals surface area contributed by atoms with Gasteiger partial charge in [0.25, 0.3) is 5.91 Å². The zero-order valence-corrected chi connectivity index (χ0v) is 12.4. The molecule has 1 N–H and O–H groups in total. The van der Waals surface area contributed by atoms with Gasteiger partial charge in [0.05, 0.1) is 5.69 Å². The number of rotatable bonds is 4. The van der Waals surface area contributed by atoms with Gasteiger partial charge in [-0.3, -0.25) is 4.79 Å². The summed E-state index contributed by atoms with van der Waals surface area (Å²) in [5.74, 6) is 6.45. The van der Waals surface area contributed by atoms with E-state index >= 15 is 0 Å². The first-order valence-corrected chi connectivity index (χ1v) is 6.52. The number of hydrogen-bond acceptors (Lipinski definition) is 3. The van der Waals surface area contributed by atoms with E-state index in [9.17, 15) is 4.79 Å². The number of hydrogen-bond donors (Lipinski definition) is 1. The van der Waals surface area contributed by atoms with Crippen LogP contribution < -0.4 is 5.32 Å². The quantitative estimate of drug-likeness (QED) is 0.669. The lowest BCUT2D eigenvalue weighted by Gasteiger charge is -2.12. The summed E-state index contributed by atoms with van der Waals surface area (Å²) in [6.07, 6.45) is 1.59.